The average molecular weight is 358 g/mol. The summed E-state index contributed by atoms with van der Waals surface area (Å²) in [4.78, 5) is 21.8. The third-order valence-corrected chi connectivity index (χ3v) is 3.25. The lowest BCUT2D eigenvalue weighted by molar-refractivity contribution is -0.383. The molecule has 0 bridgehead atoms. The number of hydrazone groups is 1. The Kier molecular flexibility index (Phi) is 6.13. The second-order valence-corrected chi connectivity index (χ2v) is 5.12. The smallest absolute Gasteiger partial charge is 0.337 e. The number of carbonyl (C=O) groups excluding carboxylic acids is 1. The molecule has 0 spiro atoms. The van der Waals surface area contributed by atoms with E-state index in [-0.39, 0.29) is 16.5 Å². The van der Waals surface area contributed by atoms with Crippen molar-refractivity contribution < 1.29 is 14.5 Å². The number of nitro groups is 1. The van der Waals surface area contributed by atoms with Crippen molar-refractivity contribution in [1.82, 2.24) is 5.43 Å². The number of rotatable bonds is 5. The van der Waals surface area contributed by atoms with Crippen molar-refractivity contribution in [3.05, 3.63) is 69.8 Å². The summed E-state index contributed by atoms with van der Waals surface area (Å²) in [5.41, 5.74) is 3.91. The zero-order chi connectivity index (χ0) is 18.2. The lowest BCUT2D eigenvalue weighted by Gasteiger charge is -2.07. The van der Waals surface area contributed by atoms with Gasteiger partial charge in [-0.05, 0) is 36.0 Å². The molecule has 0 saturated carbocycles. The number of nitro benzene ring substituents is 1. The van der Waals surface area contributed by atoms with Gasteiger partial charge in [0.2, 0.25) is 0 Å². The summed E-state index contributed by atoms with van der Waals surface area (Å²) < 4.78 is 4.61. The zero-order valence-electron chi connectivity index (χ0n) is 13.1. The first-order chi connectivity index (χ1) is 12.0. The first kappa shape index (κ1) is 18.0. The van der Waals surface area contributed by atoms with Gasteiger partial charge in [0.25, 0.3) is 5.69 Å². The van der Waals surface area contributed by atoms with Crippen molar-refractivity contribution in [2.75, 3.05) is 12.4 Å². The highest BCUT2D eigenvalue weighted by Gasteiger charge is 2.12. The van der Waals surface area contributed by atoms with Crippen LogP contribution in [0.15, 0.2) is 53.6 Å². The molecular weight excluding hydrogens is 344 g/mol. The molecule has 0 radical (unpaired) electrons. The van der Waals surface area contributed by atoms with Gasteiger partial charge < -0.3 is 10.1 Å². The van der Waals surface area contributed by atoms with E-state index in [0.29, 0.717) is 5.56 Å². The second kappa shape index (κ2) is 8.50. The minimum atomic E-state index is -0.503. The van der Waals surface area contributed by atoms with Crippen LogP contribution in [-0.4, -0.2) is 29.3 Å². The van der Waals surface area contributed by atoms with Crippen LogP contribution in [0.2, 0.25) is 0 Å². The van der Waals surface area contributed by atoms with Crippen LogP contribution in [0.3, 0.4) is 0 Å². The molecule has 0 fully saturated rings. The van der Waals surface area contributed by atoms with Crippen LogP contribution >= 0.6 is 12.2 Å². The number of thiocarbonyl (C=S) groups is 1. The number of ether oxygens (including phenoxy) is 1. The third kappa shape index (κ3) is 5.08. The molecule has 0 aromatic heterocycles. The maximum atomic E-state index is 11.3. The van der Waals surface area contributed by atoms with Crippen molar-refractivity contribution >= 4 is 40.9 Å². The van der Waals surface area contributed by atoms with Crippen molar-refractivity contribution in [3.8, 4) is 0 Å². The minimum Gasteiger partial charge on any atom is -0.465 e. The van der Waals surface area contributed by atoms with Gasteiger partial charge in [0.15, 0.2) is 5.11 Å². The van der Waals surface area contributed by atoms with Gasteiger partial charge in [-0.1, -0.05) is 24.3 Å². The predicted molar refractivity (Wildman–Crippen MR) is 97.8 cm³/mol. The van der Waals surface area contributed by atoms with E-state index >= 15 is 0 Å². The summed E-state index contributed by atoms with van der Waals surface area (Å²) in [6.07, 6.45) is 1.49. The SMILES string of the molecule is COC(=O)c1ccc(/C=N\NC(=S)Nc2ccccc2[N+](=O)[O-])cc1. The Bertz CT molecular complexity index is 821. The van der Waals surface area contributed by atoms with Gasteiger partial charge >= 0.3 is 5.97 Å². The molecule has 2 aromatic carbocycles. The Balaban J connectivity index is 1.95. The number of esters is 1. The molecule has 2 N–H and O–H groups in total. The van der Waals surface area contributed by atoms with E-state index in [0.717, 1.165) is 5.56 Å². The van der Waals surface area contributed by atoms with Gasteiger partial charge in [0.1, 0.15) is 5.69 Å². The number of carbonyl (C=O) groups is 1. The number of para-hydroxylation sites is 2. The van der Waals surface area contributed by atoms with Gasteiger partial charge in [0, 0.05) is 6.07 Å². The molecule has 2 rings (SSSR count). The van der Waals surface area contributed by atoms with Gasteiger partial charge in [0.05, 0.1) is 23.8 Å². The number of hydrogen-bond acceptors (Lipinski definition) is 6. The molecule has 128 valence electrons. The Morgan fingerprint density at radius 3 is 2.56 bits per heavy atom. The molecule has 0 heterocycles. The van der Waals surface area contributed by atoms with Crippen LogP contribution in [0.4, 0.5) is 11.4 Å². The number of nitrogens with zero attached hydrogens (tertiary/aromatic N) is 2. The first-order valence-electron chi connectivity index (χ1n) is 7.03. The molecule has 0 unspecified atom stereocenters. The zero-order valence-corrected chi connectivity index (χ0v) is 13.9. The van der Waals surface area contributed by atoms with Crippen molar-refractivity contribution in [2.24, 2.45) is 5.10 Å². The summed E-state index contributed by atoms with van der Waals surface area (Å²) in [6, 6.07) is 12.7. The van der Waals surface area contributed by atoms with Crippen LogP contribution in [0.25, 0.3) is 0 Å². The van der Waals surface area contributed by atoms with E-state index in [9.17, 15) is 14.9 Å². The largest absolute Gasteiger partial charge is 0.465 e. The molecule has 2 aromatic rings. The quantitative estimate of drug-likeness (QED) is 0.278. The molecule has 0 aliphatic heterocycles. The Labute approximate surface area is 148 Å². The topological polar surface area (TPSA) is 106 Å². The maximum Gasteiger partial charge on any atom is 0.337 e. The normalized spacial score (nSPS) is 10.3. The fourth-order valence-corrected chi connectivity index (χ4v) is 2.04. The van der Waals surface area contributed by atoms with Crippen molar-refractivity contribution in [1.29, 1.82) is 0 Å². The first-order valence-corrected chi connectivity index (χ1v) is 7.44. The van der Waals surface area contributed by atoms with Crippen LogP contribution in [0.1, 0.15) is 15.9 Å². The van der Waals surface area contributed by atoms with Crippen LogP contribution in [0, 0.1) is 10.1 Å². The Morgan fingerprint density at radius 2 is 1.92 bits per heavy atom. The lowest BCUT2D eigenvalue weighted by Crippen LogP contribution is -2.24. The van der Waals surface area contributed by atoms with Crippen molar-refractivity contribution in [3.63, 3.8) is 0 Å². The number of hydrogen-bond donors (Lipinski definition) is 2. The number of nitrogens with one attached hydrogen (secondary N) is 2. The molecule has 0 saturated heterocycles. The fourth-order valence-electron chi connectivity index (χ4n) is 1.88. The molecular formula is C16H14N4O4S. The van der Waals surface area contributed by atoms with Gasteiger partial charge in [-0.25, -0.2) is 4.79 Å². The van der Waals surface area contributed by atoms with E-state index in [2.05, 4.69) is 20.6 Å². The third-order valence-electron chi connectivity index (χ3n) is 3.06. The lowest BCUT2D eigenvalue weighted by atomic mass is 10.1. The summed E-state index contributed by atoms with van der Waals surface area (Å²) in [5.74, 6) is -0.420. The van der Waals surface area contributed by atoms with Crippen LogP contribution in [-0.2, 0) is 4.74 Å². The molecule has 25 heavy (non-hydrogen) atoms. The Morgan fingerprint density at radius 1 is 1.24 bits per heavy atom. The predicted octanol–water partition coefficient (Wildman–Crippen LogP) is 2.70. The Hall–Kier alpha value is -3.33. The van der Waals surface area contributed by atoms with Gasteiger partial charge in [-0.2, -0.15) is 5.10 Å². The highest BCUT2D eigenvalue weighted by molar-refractivity contribution is 7.80. The van der Waals surface area contributed by atoms with E-state index in [1.54, 1.807) is 42.5 Å². The highest BCUT2D eigenvalue weighted by atomic mass is 32.1. The van der Waals surface area contributed by atoms with E-state index in [1.165, 1.54) is 19.4 Å². The maximum absolute atomic E-state index is 11.3. The number of methoxy groups -OCH3 is 1. The fraction of sp³-hybridized carbons (Fsp3) is 0.0625. The summed E-state index contributed by atoms with van der Waals surface area (Å²) in [6.45, 7) is 0. The molecule has 0 atom stereocenters. The van der Waals surface area contributed by atoms with E-state index in [1.807, 2.05) is 0 Å². The molecule has 8 nitrogen and oxygen atoms in total. The van der Waals surface area contributed by atoms with E-state index < -0.39 is 10.9 Å². The summed E-state index contributed by atoms with van der Waals surface area (Å²) >= 11 is 5.05. The summed E-state index contributed by atoms with van der Waals surface area (Å²) in [7, 11) is 1.31. The highest BCUT2D eigenvalue weighted by Crippen LogP contribution is 2.22. The number of anilines is 1. The second-order valence-electron chi connectivity index (χ2n) is 4.71. The van der Waals surface area contributed by atoms with Crippen LogP contribution < -0.4 is 10.7 Å². The van der Waals surface area contributed by atoms with Crippen molar-refractivity contribution in [2.45, 2.75) is 0 Å². The molecule has 0 aliphatic carbocycles. The standard InChI is InChI=1S/C16H14N4O4S/c1-24-15(21)12-8-6-11(7-9-12)10-17-19-16(25)18-13-4-2-3-5-14(13)20(22)23/h2-10H,1H3,(H2,18,19,25)/b17-10-. The monoisotopic (exact) mass is 358 g/mol. The van der Waals surface area contributed by atoms with E-state index in [4.69, 9.17) is 12.2 Å². The molecule has 0 amide bonds. The minimum absolute atomic E-state index is 0.0889. The number of benzene rings is 2. The van der Waals surface area contributed by atoms with Crippen LogP contribution in [0.5, 0.6) is 0 Å². The van der Waals surface area contributed by atoms with Gasteiger partial charge in [-0.3, -0.25) is 15.5 Å². The summed E-state index contributed by atoms with van der Waals surface area (Å²) in [5, 5.41) is 17.7. The molecule has 9 heteroatoms. The van der Waals surface area contributed by atoms with Gasteiger partial charge in [-0.15, -0.1) is 0 Å². The average Bonchev–Trinajstić information content (AvgIpc) is 2.62. The molecule has 0 aliphatic rings.